The van der Waals surface area contributed by atoms with Gasteiger partial charge in [0.05, 0.1) is 17.3 Å². The number of rotatable bonds is 7. The summed E-state index contributed by atoms with van der Waals surface area (Å²) in [4.78, 5) is 74.4. The summed E-state index contributed by atoms with van der Waals surface area (Å²) in [5.74, 6) is -6.67. The lowest BCUT2D eigenvalue weighted by molar-refractivity contribution is -0.192. The van der Waals surface area contributed by atoms with E-state index in [4.69, 9.17) is 27.2 Å². The van der Waals surface area contributed by atoms with Gasteiger partial charge in [-0.25, -0.2) is 9.59 Å². The first-order chi connectivity index (χ1) is 23.9. The molecule has 2 aromatic carbocycles. The molecule has 2 aromatic rings. The van der Waals surface area contributed by atoms with Crippen LogP contribution < -0.4 is 27.0 Å². The predicted molar refractivity (Wildman–Crippen MR) is 188 cm³/mol. The molecule has 1 aliphatic rings. The van der Waals surface area contributed by atoms with Crippen LogP contribution in [0.25, 0.3) is 0 Å². The van der Waals surface area contributed by atoms with Crippen molar-refractivity contribution in [1.82, 2.24) is 21.3 Å². The molecule has 0 saturated carbocycles. The van der Waals surface area contributed by atoms with Gasteiger partial charge in [-0.2, -0.15) is 13.2 Å². The Balaban J connectivity index is 0.00000121. The first-order valence-corrected chi connectivity index (χ1v) is 17.8. The zero-order chi connectivity index (χ0) is 39.6. The molecule has 3 rings (SSSR count). The van der Waals surface area contributed by atoms with Gasteiger partial charge in [-0.1, -0.05) is 57.5 Å². The fourth-order valence-corrected chi connectivity index (χ4v) is 7.39. The average Bonchev–Trinajstić information content (AvgIpc) is 3.04. The second-order valence-corrected chi connectivity index (χ2v) is 16.4. The zero-order valence-corrected chi connectivity index (χ0v) is 30.6. The highest BCUT2D eigenvalue weighted by Gasteiger charge is 2.44. The molecule has 0 bridgehead atoms. The van der Waals surface area contributed by atoms with Gasteiger partial charge in [0.15, 0.2) is 0 Å². The molecule has 286 valence electrons. The minimum absolute atomic E-state index is 0.0297. The molecule has 1 heterocycles. The largest absolute Gasteiger partial charge is 0.508 e. The number of carbonyl (C=O) groups is 6. The van der Waals surface area contributed by atoms with Crippen LogP contribution in [0.15, 0.2) is 48.5 Å². The number of amides is 4. The monoisotopic (exact) mass is 793 g/mol. The lowest BCUT2D eigenvalue weighted by Crippen LogP contribution is -2.61. The number of alkyl halides is 3. The minimum atomic E-state index is -5.08. The number of nitrogens with two attached hydrogens (primary N) is 1. The third kappa shape index (κ3) is 13.7. The van der Waals surface area contributed by atoms with Gasteiger partial charge in [-0.15, -0.1) is 0 Å². The van der Waals surface area contributed by atoms with E-state index in [1.54, 1.807) is 64.1 Å². The van der Waals surface area contributed by atoms with Crippen LogP contribution in [-0.2, 0) is 41.6 Å². The minimum Gasteiger partial charge on any atom is -0.508 e. The molecular formula is C32H39ClF3N5O9S2. The number of phenolic OH excluding ortho intramolecular Hbond substituents is 1. The van der Waals surface area contributed by atoms with Crippen LogP contribution in [0, 0.1) is 0 Å². The van der Waals surface area contributed by atoms with Crippen molar-refractivity contribution in [2.24, 2.45) is 5.73 Å². The summed E-state index contributed by atoms with van der Waals surface area (Å²) in [6.45, 7) is 6.15. The Morgan fingerprint density at radius 3 is 1.96 bits per heavy atom. The molecule has 0 unspecified atom stereocenters. The molecule has 4 atom stereocenters. The number of hydrogen-bond donors (Lipinski definition) is 8. The van der Waals surface area contributed by atoms with Crippen molar-refractivity contribution in [1.29, 1.82) is 0 Å². The lowest BCUT2D eigenvalue weighted by atomic mass is 10.00. The topological polar surface area (TPSA) is 237 Å². The molecule has 0 aliphatic carbocycles. The van der Waals surface area contributed by atoms with Gasteiger partial charge >= 0.3 is 18.1 Å². The van der Waals surface area contributed by atoms with Gasteiger partial charge in [0.25, 0.3) is 0 Å². The summed E-state index contributed by atoms with van der Waals surface area (Å²) in [5, 5.41) is 37.7. The third-order valence-corrected chi connectivity index (χ3v) is 11.8. The number of carbonyl (C=O) groups excluding carboxylic acids is 4. The molecule has 1 fully saturated rings. The Morgan fingerprint density at radius 1 is 0.923 bits per heavy atom. The van der Waals surface area contributed by atoms with Gasteiger partial charge in [-0.3, -0.25) is 19.2 Å². The van der Waals surface area contributed by atoms with Crippen LogP contribution in [0.1, 0.15) is 38.8 Å². The van der Waals surface area contributed by atoms with Crippen LogP contribution in [0.5, 0.6) is 5.75 Å². The lowest BCUT2D eigenvalue weighted by Gasteiger charge is -2.38. The smallest absolute Gasteiger partial charge is 0.490 e. The highest BCUT2D eigenvalue weighted by Crippen LogP contribution is 2.46. The van der Waals surface area contributed by atoms with E-state index in [1.807, 2.05) is 0 Å². The summed E-state index contributed by atoms with van der Waals surface area (Å²) < 4.78 is 29.6. The molecule has 14 nitrogen and oxygen atoms in total. The van der Waals surface area contributed by atoms with Crippen molar-refractivity contribution in [2.75, 3.05) is 6.54 Å². The second-order valence-electron chi connectivity index (χ2n) is 12.5. The number of carboxylic acid groups (broad SMARTS) is 2. The number of carboxylic acids is 2. The van der Waals surface area contributed by atoms with Gasteiger partial charge in [0, 0.05) is 16.2 Å². The first kappa shape index (κ1) is 44.0. The fraction of sp³-hybridized carbons (Fsp3) is 0.438. The van der Waals surface area contributed by atoms with Crippen LogP contribution in [0.3, 0.4) is 0 Å². The van der Waals surface area contributed by atoms with E-state index >= 15 is 0 Å². The maximum absolute atomic E-state index is 13.5. The van der Waals surface area contributed by atoms with Crippen molar-refractivity contribution in [3.05, 3.63) is 64.7 Å². The quantitative estimate of drug-likeness (QED) is 0.189. The first-order valence-electron chi connectivity index (χ1n) is 15.3. The van der Waals surface area contributed by atoms with E-state index < -0.39 is 81.9 Å². The molecule has 0 spiro atoms. The number of nitrogens with one attached hydrogen (secondary N) is 4. The summed E-state index contributed by atoms with van der Waals surface area (Å²) in [6.07, 6.45) is -4.92. The van der Waals surface area contributed by atoms with Crippen LogP contribution >= 0.6 is 33.2 Å². The molecule has 0 aromatic heterocycles. The standard InChI is InChI=1S/C30H38ClN5O7S2.C2HF3O2/c1-29(2)23(35-25(39)20(32)13-16-7-11-19(37)12-8-16)27(41)33-15-22(38)34-21(14-17-5-9-18(31)10-6-17)26(40)36-24(28(42)43)30(3,4)45-44-29;3-2(4,5)1(6)7/h5-12,20-21,23-24,37H,13-15,32H2,1-4H3,(H,33,41)(H,34,38)(H,35,39)(H,36,40)(H,42,43);(H,6,7)/t20-,21-,23-,24-;/m0./s1. The molecule has 1 aliphatic heterocycles. The van der Waals surface area contributed by atoms with E-state index in [1.165, 1.54) is 12.1 Å². The molecule has 4 amide bonds. The highest BCUT2D eigenvalue weighted by molar-refractivity contribution is 8.77. The molecule has 9 N–H and O–H groups in total. The SMILES string of the molecule is CC1(C)SSC(C)(C)[C@@H](NC(=O)[C@@H](N)Cc2ccc(O)cc2)C(=O)NCC(=O)N[C@@H](Cc2ccc(Cl)cc2)C(=O)N[C@H]1C(=O)O.O=C(O)C(F)(F)F. The molecule has 0 radical (unpaired) electrons. The highest BCUT2D eigenvalue weighted by atomic mass is 35.5. The Hall–Kier alpha value is -4.20. The van der Waals surface area contributed by atoms with Gasteiger partial charge < -0.3 is 42.3 Å². The van der Waals surface area contributed by atoms with E-state index in [2.05, 4.69) is 21.3 Å². The number of phenols is 1. The Kier molecular flexibility index (Phi) is 15.7. The Labute approximate surface area is 309 Å². The molecule has 20 heteroatoms. The molecule has 52 heavy (non-hydrogen) atoms. The summed E-state index contributed by atoms with van der Waals surface area (Å²) >= 11 is 5.98. The van der Waals surface area contributed by atoms with Crippen molar-refractivity contribution < 1.29 is 57.3 Å². The summed E-state index contributed by atoms with van der Waals surface area (Å²) in [5.41, 5.74) is 7.53. The van der Waals surface area contributed by atoms with Gasteiger partial charge in [-0.05, 0) is 69.5 Å². The number of hydrogen-bond acceptors (Lipinski definition) is 10. The van der Waals surface area contributed by atoms with Crippen molar-refractivity contribution in [2.45, 2.75) is 80.4 Å². The van der Waals surface area contributed by atoms with Crippen molar-refractivity contribution in [3.63, 3.8) is 0 Å². The van der Waals surface area contributed by atoms with Crippen LogP contribution in [0.2, 0.25) is 5.02 Å². The number of benzene rings is 2. The molecular weight excluding hydrogens is 755 g/mol. The van der Waals surface area contributed by atoms with E-state index in [0.29, 0.717) is 16.1 Å². The summed E-state index contributed by atoms with van der Waals surface area (Å²) in [7, 11) is 2.29. The average molecular weight is 794 g/mol. The van der Waals surface area contributed by atoms with Crippen molar-refractivity contribution >= 4 is 68.8 Å². The van der Waals surface area contributed by atoms with Crippen LogP contribution in [-0.4, -0.2) is 97.3 Å². The maximum Gasteiger partial charge on any atom is 0.490 e. The Morgan fingerprint density at radius 2 is 1.44 bits per heavy atom. The van der Waals surface area contributed by atoms with E-state index in [9.17, 15) is 47.4 Å². The van der Waals surface area contributed by atoms with E-state index in [-0.39, 0.29) is 18.6 Å². The predicted octanol–water partition coefficient (Wildman–Crippen LogP) is 2.40. The summed E-state index contributed by atoms with van der Waals surface area (Å²) in [6, 6.07) is 8.05. The zero-order valence-electron chi connectivity index (χ0n) is 28.2. The maximum atomic E-state index is 13.5. The van der Waals surface area contributed by atoms with Gasteiger partial charge in [0.1, 0.15) is 23.9 Å². The second kappa shape index (κ2) is 18.5. The van der Waals surface area contributed by atoms with E-state index in [0.717, 1.165) is 21.6 Å². The van der Waals surface area contributed by atoms with Crippen LogP contribution in [0.4, 0.5) is 13.2 Å². The number of aliphatic carboxylic acids is 2. The third-order valence-electron chi connectivity index (χ3n) is 7.34. The van der Waals surface area contributed by atoms with Crippen molar-refractivity contribution in [3.8, 4) is 5.75 Å². The fourth-order valence-electron chi connectivity index (χ4n) is 4.45. The number of aromatic hydroxyl groups is 1. The normalized spacial score (nSPS) is 21.4. The Bertz CT molecular complexity index is 1610. The molecule has 1 saturated heterocycles. The van der Waals surface area contributed by atoms with Gasteiger partial charge in [0.2, 0.25) is 23.6 Å². The number of halogens is 4.